The number of rotatable bonds is 12. The first-order valence-corrected chi connectivity index (χ1v) is 19.0. The van der Waals surface area contributed by atoms with Crippen LogP contribution in [0.3, 0.4) is 0 Å². The molecule has 276 valence electrons. The first-order valence-electron chi connectivity index (χ1n) is 17.2. The summed E-state index contributed by atoms with van der Waals surface area (Å²) in [5.74, 6) is 0.823. The maximum atomic E-state index is 14.7. The van der Waals surface area contributed by atoms with Gasteiger partial charge in [-0.05, 0) is 97.3 Å². The van der Waals surface area contributed by atoms with Gasteiger partial charge in [0.25, 0.3) is 15.9 Å². The average Bonchev–Trinajstić information content (AvgIpc) is 3.17. The first kappa shape index (κ1) is 37.7. The number of methoxy groups -OCH3 is 2. The van der Waals surface area contributed by atoms with Gasteiger partial charge in [0.15, 0.2) is 5.03 Å². The summed E-state index contributed by atoms with van der Waals surface area (Å²) in [4.78, 5) is 24.8. The molecule has 0 radical (unpaired) electrons. The molecule has 0 unspecified atom stereocenters. The molecule has 1 N–H and O–H groups in total. The highest BCUT2D eigenvalue weighted by Gasteiger charge is 2.34. The van der Waals surface area contributed by atoms with E-state index in [1.165, 1.54) is 22.6 Å². The van der Waals surface area contributed by atoms with Crippen molar-refractivity contribution >= 4 is 38.9 Å². The van der Waals surface area contributed by atoms with Crippen molar-refractivity contribution < 1.29 is 27.1 Å². The summed E-state index contributed by atoms with van der Waals surface area (Å²) in [6.45, 7) is 4.59. The van der Waals surface area contributed by atoms with Crippen molar-refractivity contribution in [3.63, 3.8) is 0 Å². The Bertz CT molecular complexity index is 2130. The van der Waals surface area contributed by atoms with Gasteiger partial charge in [-0.1, -0.05) is 48.0 Å². The van der Waals surface area contributed by atoms with Crippen molar-refractivity contribution in [2.75, 3.05) is 32.6 Å². The van der Waals surface area contributed by atoms with E-state index in [-0.39, 0.29) is 47.0 Å². The topological polar surface area (TPSA) is 114 Å². The number of carbonyl (C=O) groups excluding carboxylic acids is 1. The minimum atomic E-state index is -4.38. The zero-order valence-electron chi connectivity index (χ0n) is 30.0. The fraction of sp³-hybridized carbons (Fsp3) is 0.275. The smallest absolute Gasteiger partial charge is 0.262 e. The van der Waals surface area contributed by atoms with Crippen LogP contribution in [0, 0.1) is 19.7 Å². The fourth-order valence-electron chi connectivity index (χ4n) is 6.37. The quantitative estimate of drug-likeness (QED) is 0.136. The van der Waals surface area contributed by atoms with Crippen LogP contribution in [0.4, 0.5) is 15.8 Å². The Hall–Kier alpha value is -5.04. The second kappa shape index (κ2) is 16.3. The molecule has 13 heteroatoms. The van der Waals surface area contributed by atoms with E-state index in [0.717, 1.165) is 22.3 Å². The molecule has 1 aliphatic heterocycles. The van der Waals surface area contributed by atoms with Gasteiger partial charge < -0.3 is 19.7 Å². The average molecular weight is 758 g/mol. The van der Waals surface area contributed by atoms with Crippen molar-refractivity contribution in [3.05, 3.63) is 136 Å². The highest BCUT2D eigenvalue weighted by molar-refractivity contribution is 7.89. The molecular weight excluding hydrogens is 717 g/mol. The third-order valence-electron chi connectivity index (χ3n) is 9.45. The maximum Gasteiger partial charge on any atom is 0.262 e. The second-order valence-electron chi connectivity index (χ2n) is 13.0. The van der Waals surface area contributed by atoms with Crippen molar-refractivity contribution in [2.24, 2.45) is 0 Å². The predicted octanol–water partition coefficient (Wildman–Crippen LogP) is 8.06. The number of anilines is 2. The molecule has 5 aromatic rings. The van der Waals surface area contributed by atoms with Crippen LogP contribution in [-0.4, -0.2) is 60.8 Å². The van der Waals surface area contributed by atoms with Gasteiger partial charge in [-0.3, -0.25) is 9.78 Å². The van der Waals surface area contributed by atoms with E-state index >= 15 is 0 Å². The predicted molar refractivity (Wildman–Crippen MR) is 203 cm³/mol. The van der Waals surface area contributed by atoms with E-state index in [9.17, 15) is 17.6 Å². The summed E-state index contributed by atoms with van der Waals surface area (Å²) in [5, 5.41) is 2.65. The Morgan fingerprint density at radius 1 is 0.887 bits per heavy atom. The van der Waals surface area contributed by atoms with E-state index in [1.807, 2.05) is 19.9 Å². The number of piperidine rings is 1. The number of hydrogen-bond acceptors (Lipinski definition) is 8. The maximum absolute atomic E-state index is 14.7. The van der Waals surface area contributed by atoms with Gasteiger partial charge in [0.2, 0.25) is 0 Å². The number of hydrogen-bond donors (Lipinski definition) is 1. The van der Waals surface area contributed by atoms with E-state index in [1.54, 1.807) is 86.0 Å². The zero-order valence-corrected chi connectivity index (χ0v) is 31.5. The van der Waals surface area contributed by atoms with Gasteiger partial charge in [-0.15, -0.1) is 0 Å². The van der Waals surface area contributed by atoms with Crippen LogP contribution in [0.15, 0.2) is 96.3 Å². The lowest BCUT2D eigenvalue weighted by Gasteiger charge is -2.33. The molecule has 53 heavy (non-hydrogen) atoms. The van der Waals surface area contributed by atoms with Crippen LogP contribution < -0.4 is 14.8 Å². The standard InChI is InChI=1S/C40H41ClFN5O5S/c1-26-21-36(27(2)43-22-26)45-38-35(40(48)46-19-17-31(18-20-46)30-9-11-32(42)12-10-30)23-44-39(37(38)41)53(49,50)47(24-28-5-13-33(51-3)14-6-28)25-29-7-15-34(52-4)16-8-29/h5-16,21-23,31H,17-20,24-25H2,1-4H3,(H,44,45). The number of nitrogens with zero attached hydrogens (tertiary/aromatic N) is 4. The highest BCUT2D eigenvalue weighted by Crippen LogP contribution is 2.38. The zero-order chi connectivity index (χ0) is 37.7. The summed E-state index contributed by atoms with van der Waals surface area (Å²) in [6.07, 6.45) is 4.37. The largest absolute Gasteiger partial charge is 0.497 e. The van der Waals surface area contributed by atoms with Gasteiger partial charge in [-0.2, -0.15) is 4.31 Å². The number of aryl methyl sites for hydroxylation is 2. The Balaban J connectivity index is 1.37. The van der Waals surface area contributed by atoms with E-state index < -0.39 is 15.0 Å². The number of likely N-dealkylation sites (tertiary alicyclic amines) is 1. The number of carbonyl (C=O) groups is 1. The summed E-state index contributed by atoms with van der Waals surface area (Å²) in [5.41, 5.74) is 4.77. The number of ether oxygens (including phenoxy) is 2. The number of halogens is 2. The Kier molecular flexibility index (Phi) is 11.6. The molecule has 0 saturated carbocycles. The van der Waals surface area contributed by atoms with Crippen molar-refractivity contribution in [2.45, 2.75) is 50.7 Å². The van der Waals surface area contributed by atoms with Gasteiger partial charge in [0, 0.05) is 38.6 Å². The van der Waals surface area contributed by atoms with Crippen molar-refractivity contribution in [3.8, 4) is 11.5 Å². The number of pyridine rings is 2. The lowest BCUT2D eigenvalue weighted by molar-refractivity contribution is 0.0713. The highest BCUT2D eigenvalue weighted by atomic mass is 35.5. The molecule has 1 saturated heterocycles. The lowest BCUT2D eigenvalue weighted by Crippen LogP contribution is -2.38. The van der Waals surface area contributed by atoms with E-state index in [0.29, 0.717) is 48.8 Å². The van der Waals surface area contributed by atoms with E-state index in [2.05, 4.69) is 15.3 Å². The molecule has 3 aromatic carbocycles. The molecule has 1 aliphatic rings. The second-order valence-corrected chi connectivity index (χ2v) is 15.3. The van der Waals surface area contributed by atoms with Crippen LogP contribution in [0.2, 0.25) is 5.02 Å². The minimum absolute atomic E-state index is 0.00369. The third kappa shape index (κ3) is 8.62. The van der Waals surface area contributed by atoms with Gasteiger partial charge in [0.05, 0.1) is 36.9 Å². The molecule has 0 bridgehead atoms. The summed E-state index contributed by atoms with van der Waals surface area (Å²) in [6, 6.07) is 22.6. The molecule has 1 amide bonds. The normalized spacial score (nSPS) is 13.6. The Labute approximate surface area is 314 Å². The molecule has 1 fully saturated rings. The SMILES string of the molecule is COc1ccc(CN(Cc2ccc(OC)cc2)S(=O)(=O)c2ncc(C(=O)N3CCC(c4ccc(F)cc4)CC3)c(Nc3cc(C)cnc3C)c2Cl)cc1. The Morgan fingerprint density at radius 2 is 1.45 bits per heavy atom. The Morgan fingerprint density at radius 3 is 2.00 bits per heavy atom. The molecule has 0 atom stereocenters. The number of aromatic nitrogens is 2. The lowest BCUT2D eigenvalue weighted by atomic mass is 9.89. The van der Waals surface area contributed by atoms with Crippen LogP contribution in [-0.2, 0) is 23.1 Å². The minimum Gasteiger partial charge on any atom is -0.497 e. The molecule has 6 rings (SSSR count). The molecule has 3 heterocycles. The molecule has 2 aromatic heterocycles. The fourth-order valence-corrected chi connectivity index (χ4v) is 8.26. The van der Waals surface area contributed by atoms with Crippen LogP contribution in [0.1, 0.15) is 57.1 Å². The molecule has 10 nitrogen and oxygen atoms in total. The first-order chi connectivity index (χ1) is 25.5. The number of nitrogens with one attached hydrogen (secondary N) is 1. The van der Waals surface area contributed by atoms with Crippen LogP contribution >= 0.6 is 11.6 Å². The number of benzene rings is 3. The molecule has 0 aliphatic carbocycles. The van der Waals surface area contributed by atoms with Gasteiger partial charge in [0.1, 0.15) is 22.3 Å². The third-order valence-corrected chi connectivity index (χ3v) is 11.7. The molecular formula is C40H41ClFN5O5S. The summed E-state index contributed by atoms with van der Waals surface area (Å²) < 4.78 is 54.8. The number of amides is 1. The van der Waals surface area contributed by atoms with Crippen LogP contribution in [0.5, 0.6) is 11.5 Å². The summed E-state index contributed by atoms with van der Waals surface area (Å²) in [7, 11) is -1.25. The van der Waals surface area contributed by atoms with Gasteiger partial charge >= 0.3 is 0 Å². The van der Waals surface area contributed by atoms with E-state index in [4.69, 9.17) is 21.1 Å². The molecule has 0 spiro atoms. The van der Waals surface area contributed by atoms with Crippen LogP contribution in [0.25, 0.3) is 0 Å². The van der Waals surface area contributed by atoms with Crippen molar-refractivity contribution in [1.29, 1.82) is 0 Å². The number of sulfonamides is 1. The van der Waals surface area contributed by atoms with Gasteiger partial charge in [-0.25, -0.2) is 17.8 Å². The monoisotopic (exact) mass is 757 g/mol. The summed E-state index contributed by atoms with van der Waals surface area (Å²) >= 11 is 7.08. The van der Waals surface area contributed by atoms with Crippen molar-refractivity contribution in [1.82, 2.24) is 19.2 Å².